The molecule has 2 heterocycles. The fraction of sp³-hybridized carbons (Fsp3) is 0.643. The lowest BCUT2D eigenvalue weighted by molar-refractivity contribution is 0.0313. The Labute approximate surface area is 126 Å². The van der Waals surface area contributed by atoms with Gasteiger partial charge in [0.05, 0.1) is 13.2 Å². The average Bonchev–Trinajstić information content (AvgIpc) is 2.53. The zero-order valence-electron chi connectivity index (χ0n) is 12.6. The third kappa shape index (κ3) is 3.79. The van der Waals surface area contributed by atoms with Gasteiger partial charge in [-0.1, -0.05) is 19.9 Å². The molecule has 1 aliphatic heterocycles. The summed E-state index contributed by atoms with van der Waals surface area (Å²) in [6, 6.07) is 3.29. The third-order valence-corrected chi connectivity index (χ3v) is 5.46. The fourth-order valence-corrected chi connectivity index (χ4v) is 3.92. The van der Waals surface area contributed by atoms with Crippen LogP contribution in [0.4, 0.5) is 0 Å². The largest absolute Gasteiger partial charge is 0.378 e. The van der Waals surface area contributed by atoms with Gasteiger partial charge in [0.1, 0.15) is 0 Å². The van der Waals surface area contributed by atoms with Gasteiger partial charge in [0.15, 0.2) is 5.03 Å². The van der Waals surface area contributed by atoms with Gasteiger partial charge in [-0.25, -0.2) is 13.4 Å². The SMILES string of the molecule is CCNCc1ccc(S(=O)(=O)N2CCOCC2CC)nc1. The molecule has 0 bridgehead atoms. The minimum atomic E-state index is -3.54. The lowest BCUT2D eigenvalue weighted by Gasteiger charge is -2.33. The van der Waals surface area contributed by atoms with Crippen molar-refractivity contribution in [1.82, 2.24) is 14.6 Å². The second kappa shape index (κ2) is 7.31. The van der Waals surface area contributed by atoms with Crippen LogP contribution in [-0.4, -0.2) is 50.1 Å². The van der Waals surface area contributed by atoms with Crippen LogP contribution in [0.25, 0.3) is 0 Å². The topological polar surface area (TPSA) is 71.5 Å². The van der Waals surface area contributed by atoms with E-state index >= 15 is 0 Å². The van der Waals surface area contributed by atoms with Crippen molar-refractivity contribution < 1.29 is 13.2 Å². The van der Waals surface area contributed by atoms with E-state index in [1.165, 1.54) is 4.31 Å². The molecule has 21 heavy (non-hydrogen) atoms. The van der Waals surface area contributed by atoms with E-state index in [1.54, 1.807) is 12.3 Å². The Bertz CT molecular complexity index is 545. The molecule has 1 N–H and O–H groups in total. The highest BCUT2D eigenvalue weighted by molar-refractivity contribution is 7.89. The highest BCUT2D eigenvalue weighted by atomic mass is 32.2. The van der Waals surface area contributed by atoms with Gasteiger partial charge in [-0.15, -0.1) is 0 Å². The van der Waals surface area contributed by atoms with Crippen molar-refractivity contribution in [1.29, 1.82) is 0 Å². The van der Waals surface area contributed by atoms with Crippen molar-refractivity contribution >= 4 is 10.0 Å². The Morgan fingerprint density at radius 1 is 1.43 bits per heavy atom. The summed E-state index contributed by atoms with van der Waals surface area (Å²) in [4.78, 5) is 4.14. The minimum Gasteiger partial charge on any atom is -0.378 e. The summed E-state index contributed by atoms with van der Waals surface area (Å²) < 4.78 is 32.2. The summed E-state index contributed by atoms with van der Waals surface area (Å²) in [5.41, 5.74) is 0.977. The number of rotatable bonds is 6. The van der Waals surface area contributed by atoms with Gasteiger partial charge in [-0.3, -0.25) is 0 Å². The summed E-state index contributed by atoms with van der Waals surface area (Å²) >= 11 is 0. The van der Waals surface area contributed by atoms with E-state index in [9.17, 15) is 8.42 Å². The molecule has 0 radical (unpaired) electrons. The molecule has 0 aromatic carbocycles. The molecule has 118 valence electrons. The van der Waals surface area contributed by atoms with Crippen molar-refractivity contribution in [3.05, 3.63) is 23.9 Å². The molecule has 0 aliphatic carbocycles. The number of nitrogens with zero attached hydrogens (tertiary/aromatic N) is 2. The standard InChI is InChI=1S/C14H23N3O3S/c1-3-13-11-20-8-7-17(13)21(18,19)14-6-5-12(10-16-14)9-15-4-2/h5-6,10,13,15H,3-4,7-9,11H2,1-2H3. The predicted octanol–water partition coefficient (Wildman–Crippen LogP) is 0.991. The molecule has 1 unspecified atom stereocenters. The number of sulfonamides is 1. The van der Waals surface area contributed by atoms with E-state index in [-0.39, 0.29) is 11.1 Å². The normalized spacial score (nSPS) is 20.6. The fourth-order valence-electron chi connectivity index (χ4n) is 2.34. The van der Waals surface area contributed by atoms with E-state index in [1.807, 2.05) is 19.9 Å². The first-order chi connectivity index (χ1) is 10.1. The maximum absolute atomic E-state index is 12.7. The molecule has 0 saturated carbocycles. The van der Waals surface area contributed by atoms with Crippen LogP contribution in [-0.2, 0) is 21.3 Å². The Kier molecular flexibility index (Phi) is 5.69. The van der Waals surface area contributed by atoms with E-state index in [0.717, 1.165) is 18.5 Å². The zero-order chi connectivity index (χ0) is 15.3. The van der Waals surface area contributed by atoms with Crippen LogP contribution < -0.4 is 5.32 Å². The number of hydrogen-bond donors (Lipinski definition) is 1. The molecule has 1 fully saturated rings. The van der Waals surface area contributed by atoms with Crippen molar-refractivity contribution in [3.63, 3.8) is 0 Å². The molecule has 1 atom stereocenters. The molecule has 0 amide bonds. The van der Waals surface area contributed by atoms with Gasteiger partial charge >= 0.3 is 0 Å². The Morgan fingerprint density at radius 2 is 2.24 bits per heavy atom. The molecule has 1 aromatic heterocycles. The van der Waals surface area contributed by atoms with Gasteiger partial charge in [-0.2, -0.15) is 4.31 Å². The summed E-state index contributed by atoms with van der Waals surface area (Å²) in [7, 11) is -3.54. The van der Waals surface area contributed by atoms with Crippen LogP contribution in [0.2, 0.25) is 0 Å². The number of aromatic nitrogens is 1. The maximum atomic E-state index is 12.7. The molecular weight excluding hydrogens is 290 g/mol. The van der Waals surface area contributed by atoms with Crippen LogP contribution in [0.5, 0.6) is 0 Å². The number of pyridine rings is 1. The van der Waals surface area contributed by atoms with E-state index in [4.69, 9.17) is 4.74 Å². The molecule has 7 heteroatoms. The van der Waals surface area contributed by atoms with Crippen LogP contribution >= 0.6 is 0 Å². The first kappa shape index (κ1) is 16.4. The van der Waals surface area contributed by atoms with Gasteiger partial charge < -0.3 is 10.1 Å². The smallest absolute Gasteiger partial charge is 0.260 e. The maximum Gasteiger partial charge on any atom is 0.260 e. The summed E-state index contributed by atoms with van der Waals surface area (Å²) in [6.45, 7) is 6.83. The average molecular weight is 313 g/mol. The highest BCUT2D eigenvalue weighted by Gasteiger charge is 2.33. The van der Waals surface area contributed by atoms with Gasteiger partial charge in [0.25, 0.3) is 10.0 Å². The van der Waals surface area contributed by atoms with Crippen molar-refractivity contribution in [2.75, 3.05) is 26.3 Å². The lowest BCUT2D eigenvalue weighted by atomic mass is 10.2. The van der Waals surface area contributed by atoms with E-state index in [2.05, 4.69) is 10.3 Å². The van der Waals surface area contributed by atoms with Crippen molar-refractivity contribution in [2.45, 2.75) is 37.9 Å². The zero-order valence-corrected chi connectivity index (χ0v) is 13.4. The highest BCUT2D eigenvalue weighted by Crippen LogP contribution is 2.20. The van der Waals surface area contributed by atoms with Crippen molar-refractivity contribution in [3.8, 4) is 0 Å². The molecule has 1 aromatic rings. The lowest BCUT2D eigenvalue weighted by Crippen LogP contribution is -2.48. The summed E-state index contributed by atoms with van der Waals surface area (Å²) in [5.74, 6) is 0. The Balaban J connectivity index is 2.18. The molecule has 1 saturated heterocycles. The molecule has 0 spiro atoms. The Hall–Kier alpha value is -1.02. The van der Waals surface area contributed by atoms with Crippen LogP contribution in [0.3, 0.4) is 0 Å². The third-order valence-electron chi connectivity index (χ3n) is 3.59. The van der Waals surface area contributed by atoms with Crippen LogP contribution in [0.1, 0.15) is 25.8 Å². The molecular formula is C14H23N3O3S. The Morgan fingerprint density at radius 3 is 2.86 bits per heavy atom. The van der Waals surface area contributed by atoms with E-state index < -0.39 is 10.0 Å². The van der Waals surface area contributed by atoms with Crippen LogP contribution in [0, 0.1) is 0 Å². The molecule has 2 rings (SSSR count). The van der Waals surface area contributed by atoms with Gasteiger partial charge in [-0.05, 0) is 24.6 Å². The van der Waals surface area contributed by atoms with E-state index in [0.29, 0.717) is 26.3 Å². The predicted molar refractivity (Wildman–Crippen MR) is 80.4 cm³/mol. The second-order valence-electron chi connectivity index (χ2n) is 5.04. The van der Waals surface area contributed by atoms with Crippen molar-refractivity contribution in [2.24, 2.45) is 0 Å². The molecule has 6 nitrogen and oxygen atoms in total. The minimum absolute atomic E-state index is 0.105. The number of ether oxygens (including phenoxy) is 1. The molecule has 1 aliphatic rings. The quantitative estimate of drug-likeness (QED) is 0.848. The number of nitrogens with one attached hydrogen (secondary N) is 1. The van der Waals surface area contributed by atoms with Gasteiger partial charge in [0, 0.05) is 25.3 Å². The monoisotopic (exact) mass is 313 g/mol. The summed E-state index contributed by atoms with van der Waals surface area (Å²) in [5, 5.41) is 3.30. The van der Waals surface area contributed by atoms with Gasteiger partial charge in [0.2, 0.25) is 0 Å². The first-order valence-corrected chi connectivity index (χ1v) is 8.78. The van der Waals surface area contributed by atoms with Crippen LogP contribution in [0.15, 0.2) is 23.4 Å². The number of hydrogen-bond acceptors (Lipinski definition) is 5. The number of morpholine rings is 1. The summed E-state index contributed by atoms with van der Waals surface area (Å²) in [6.07, 6.45) is 2.36. The second-order valence-corrected chi connectivity index (χ2v) is 6.88. The first-order valence-electron chi connectivity index (χ1n) is 7.34.